The predicted molar refractivity (Wildman–Crippen MR) is 90.6 cm³/mol. The first-order valence-electron chi connectivity index (χ1n) is 8.66. The molecule has 6 nitrogen and oxygen atoms in total. The lowest BCUT2D eigenvalue weighted by molar-refractivity contribution is -0.173. The molecule has 2 aliphatic rings. The number of alkyl halides is 2. The van der Waals surface area contributed by atoms with Crippen molar-refractivity contribution in [2.45, 2.75) is 51.2 Å². The topological polar surface area (TPSA) is 59.1 Å². The van der Waals surface area contributed by atoms with Crippen LogP contribution in [-0.2, 0) is 14.3 Å². The van der Waals surface area contributed by atoms with Crippen LogP contribution in [0.15, 0.2) is 0 Å². The number of piperidine rings is 1. The van der Waals surface area contributed by atoms with Crippen LogP contribution in [0.1, 0.15) is 33.6 Å². The second-order valence-electron chi connectivity index (χ2n) is 7.95. The van der Waals surface area contributed by atoms with E-state index in [1.165, 1.54) is 9.80 Å². The lowest BCUT2D eigenvalue weighted by Gasteiger charge is -2.49. The van der Waals surface area contributed by atoms with Crippen LogP contribution in [0.5, 0.6) is 0 Å². The number of rotatable bonds is 3. The maximum Gasteiger partial charge on any atom is 0.412 e. The molecule has 8 heteroatoms. The lowest BCUT2D eigenvalue weighted by atomic mass is 9.80. The van der Waals surface area contributed by atoms with Crippen LogP contribution in [0.25, 0.3) is 0 Å². The Morgan fingerprint density at radius 2 is 2.12 bits per heavy atom. The number of nitrogens with zero attached hydrogens (tertiary/aromatic N) is 2. The summed E-state index contributed by atoms with van der Waals surface area (Å²) in [4.78, 5) is 27.1. The number of carbonyl (C=O) groups is 2. The molecule has 0 bridgehead atoms. The van der Waals surface area contributed by atoms with Gasteiger partial charge in [-0.25, -0.2) is 13.6 Å². The van der Waals surface area contributed by atoms with Crippen molar-refractivity contribution in [3.8, 4) is 12.3 Å². The smallest absolute Gasteiger partial charge is 0.412 e. The molecule has 1 amide bonds. The Hall–Kier alpha value is -1.72. The van der Waals surface area contributed by atoms with Gasteiger partial charge in [-0.05, 0) is 39.5 Å². The van der Waals surface area contributed by atoms with Gasteiger partial charge in [0.1, 0.15) is 12.3 Å². The van der Waals surface area contributed by atoms with Crippen LogP contribution in [0, 0.1) is 18.3 Å². The van der Waals surface area contributed by atoms with E-state index in [1.54, 1.807) is 20.8 Å². The van der Waals surface area contributed by atoms with Crippen molar-refractivity contribution in [3.05, 3.63) is 0 Å². The fourth-order valence-corrected chi connectivity index (χ4v) is 3.44. The van der Waals surface area contributed by atoms with E-state index in [9.17, 15) is 18.4 Å². The minimum Gasteiger partial charge on any atom is -0.444 e. The number of hydrogen-bond acceptors (Lipinski definition) is 5. The van der Waals surface area contributed by atoms with Crippen molar-refractivity contribution in [1.29, 1.82) is 0 Å². The molecule has 0 aromatic rings. The summed E-state index contributed by atoms with van der Waals surface area (Å²) in [5, 5.41) is 0. The van der Waals surface area contributed by atoms with Crippen molar-refractivity contribution in [2.75, 3.05) is 32.9 Å². The number of hydrogen-bond donors (Lipinski definition) is 0. The largest absolute Gasteiger partial charge is 0.444 e. The van der Waals surface area contributed by atoms with Crippen molar-refractivity contribution in [3.63, 3.8) is 0 Å². The summed E-state index contributed by atoms with van der Waals surface area (Å²) in [6.07, 6.45) is 3.03. The third kappa shape index (κ3) is 5.39. The van der Waals surface area contributed by atoms with E-state index in [4.69, 9.17) is 15.9 Å². The molecule has 0 aliphatic carbocycles. The summed E-state index contributed by atoms with van der Waals surface area (Å²) in [7, 11) is 0. The molecule has 2 fully saturated rings. The Kier molecular flexibility index (Phi) is 6.25. The molecule has 0 aromatic heterocycles. The van der Waals surface area contributed by atoms with Crippen LogP contribution in [0.4, 0.5) is 13.6 Å². The maximum atomic E-state index is 12.8. The monoisotopic (exact) mass is 372 g/mol. The van der Waals surface area contributed by atoms with Gasteiger partial charge in [0.05, 0.1) is 12.1 Å². The van der Waals surface area contributed by atoms with Crippen LogP contribution in [-0.4, -0.2) is 72.2 Å². The van der Waals surface area contributed by atoms with E-state index in [1.807, 2.05) is 0 Å². The second-order valence-corrected chi connectivity index (χ2v) is 7.95. The zero-order chi connectivity index (χ0) is 19.5. The lowest BCUT2D eigenvalue weighted by Crippen LogP contribution is -2.60. The zero-order valence-electron chi connectivity index (χ0n) is 15.5. The van der Waals surface area contributed by atoms with Gasteiger partial charge in [0.15, 0.2) is 0 Å². The molecular formula is C18H26F2N2O4. The fourth-order valence-electron chi connectivity index (χ4n) is 3.44. The predicted octanol–water partition coefficient (Wildman–Crippen LogP) is 2.13. The van der Waals surface area contributed by atoms with Crippen LogP contribution >= 0.6 is 0 Å². The van der Waals surface area contributed by atoms with Gasteiger partial charge in [0.25, 0.3) is 6.43 Å². The van der Waals surface area contributed by atoms with Gasteiger partial charge in [-0.2, -0.15) is 0 Å². The first kappa shape index (κ1) is 20.6. The first-order chi connectivity index (χ1) is 12.0. The molecule has 2 saturated heterocycles. The van der Waals surface area contributed by atoms with E-state index in [0.717, 1.165) is 0 Å². The molecule has 0 radical (unpaired) electrons. The molecule has 2 heterocycles. The standard InChI is InChI=1S/C18H26F2N2O4/c1-5-14(23)13-8-18(11-21(9-13)10-15(19)20)6-7-22(12-25-18)16(24)26-17(2,3)4/h1,13,15H,6-12H2,2-4H3. The Balaban J connectivity index is 2.05. The van der Waals surface area contributed by atoms with E-state index < -0.39 is 42.0 Å². The highest BCUT2D eigenvalue weighted by Gasteiger charge is 2.46. The number of Topliss-reactive ketones (excluding diaryl/α,β-unsaturated/α-hetero) is 1. The summed E-state index contributed by atoms with van der Waals surface area (Å²) in [6.45, 7) is 5.74. The Bertz CT molecular complexity index is 575. The number of carbonyl (C=O) groups excluding carboxylic acids is 2. The average Bonchev–Trinajstić information content (AvgIpc) is 2.52. The first-order valence-corrected chi connectivity index (χ1v) is 8.66. The summed E-state index contributed by atoms with van der Waals surface area (Å²) >= 11 is 0. The molecule has 0 saturated carbocycles. The molecule has 2 rings (SSSR count). The highest BCUT2D eigenvalue weighted by Crippen LogP contribution is 2.35. The number of likely N-dealkylation sites (tertiary alicyclic amines) is 1. The average molecular weight is 372 g/mol. The minimum absolute atomic E-state index is 0.00556. The number of ketones is 1. The van der Waals surface area contributed by atoms with Crippen LogP contribution < -0.4 is 0 Å². The number of ether oxygens (including phenoxy) is 2. The summed E-state index contributed by atoms with van der Waals surface area (Å²) in [6, 6.07) is 0. The van der Waals surface area contributed by atoms with Gasteiger partial charge < -0.3 is 9.47 Å². The van der Waals surface area contributed by atoms with Gasteiger partial charge in [-0.1, -0.05) is 0 Å². The van der Waals surface area contributed by atoms with Gasteiger partial charge >= 0.3 is 6.09 Å². The molecule has 0 aromatic carbocycles. The highest BCUT2D eigenvalue weighted by molar-refractivity contribution is 5.97. The molecule has 26 heavy (non-hydrogen) atoms. The maximum absolute atomic E-state index is 12.8. The quantitative estimate of drug-likeness (QED) is 0.561. The van der Waals surface area contributed by atoms with E-state index in [0.29, 0.717) is 19.4 Å². The second kappa shape index (κ2) is 7.89. The van der Waals surface area contributed by atoms with Crippen LogP contribution in [0.3, 0.4) is 0 Å². The highest BCUT2D eigenvalue weighted by atomic mass is 19.3. The van der Waals surface area contributed by atoms with Gasteiger partial charge in [-0.3, -0.25) is 14.6 Å². The van der Waals surface area contributed by atoms with Crippen molar-refractivity contribution >= 4 is 11.9 Å². The minimum atomic E-state index is -2.51. The molecule has 146 valence electrons. The van der Waals surface area contributed by atoms with Crippen molar-refractivity contribution < 1.29 is 27.8 Å². The van der Waals surface area contributed by atoms with E-state index >= 15 is 0 Å². The van der Waals surface area contributed by atoms with Crippen molar-refractivity contribution in [2.24, 2.45) is 5.92 Å². The fraction of sp³-hybridized carbons (Fsp3) is 0.778. The third-order valence-electron chi connectivity index (χ3n) is 4.53. The molecular weight excluding hydrogens is 346 g/mol. The normalized spacial score (nSPS) is 27.4. The zero-order valence-corrected chi connectivity index (χ0v) is 15.5. The Morgan fingerprint density at radius 3 is 2.62 bits per heavy atom. The summed E-state index contributed by atoms with van der Waals surface area (Å²) in [5.74, 6) is 1.15. The Morgan fingerprint density at radius 1 is 1.42 bits per heavy atom. The number of halogens is 2. The van der Waals surface area contributed by atoms with Gasteiger partial charge in [0.2, 0.25) is 5.78 Å². The molecule has 2 unspecified atom stereocenters. The molecule has 1 spiro atoms. The third-order valence-corrected chi connectivity index (χ3v) is 4.53. The summed E-state index contributed by atoms with van der Waals surface area (Å²) in [5.41, 5.74) is -1.38. The Labute approximate surface area is 152 Å². The van der Waals surface area contributed by atoms with E-state index in [-0.39, 0.29) is 19.8 Å². The molecule has 2 atom stereocenters. The van der Waals surface area contributed by atoms with Gasteiger partial charge in [-0.15, -0.1) is 6.42 Å². The number of amides is 1. The van der Waals surface area contributed by atoms with Crippen LogP contribution in [0.2, 0.25) is 0 Å². The molecule has 0 N–H and O–H groups in total. The summed E-state index contributed by atoms with van der Waals surface area (Å²) < 4.78 is 36.9. The van der Waals surface area contributed by atoms with E-state index in [2.05, 4.69) is 5.92 Å². The SMILES string of the molecule is C#CC(=O)C1CN(CC(F)F)CC2(CCN(C(=O)OC(C)(C)C)CO2)C1. The molecule has 2 aliphatic heterocycles. The van der Waals surface area contributed by atoms with Gasteiger partial charge in [0, 0.05) is 25.6 Å². The van der Waals surface area contributed by atoms with Crippen molar-refractivity contribution in [1.82, 2.24) is 9.80 Å². The number of terminal acetylenes is 1.